The first-order valence-corrected chi connectivity index (χ1v) is 12.9. The van der Waals surface area contributed by atoms with Crippen LogP contribution in [0.2, 0.25) is 0 Å². The molecule has 1 fully saturated rings. The fourth-order valence-corrected chi connectivity index (χ4v) is 5.57. The average Bonchev–Trinajstić information content (AvgIpc) is 3.38. The van der Waals surface area contributed by atoms with Gasteiger partial charge in [-0.2, -0.15) is 0 Å². The van der Waals surface area contributed by atoms with E-state index in [1.54, 1.807) is 24.3 Å². The Hall–Kier alpha value is -2.59. The minimum absolute atomic E-state index is 0.152. The molecule has 2 nitrogen and oxygen atoms in total. The van der Waals surface area contributed by atoms with Gasteiger partial charge in [0.1, 0.15) is 17.7 Å². The van der Waals surface area contributed by atoms with Gasteiger partial charge in [0, 0.05) is 17.7 Å². The normalized spacial score (nSPS) is 16.4. The smallest absolute Gasteiger partial charge is 0.123 e. The highest BCUT2D eigenvalue weighted by molar-refractivity contribution is 5.74. The van der Waals surface area contributed by atoms with Crippen LogP contribution in [0, 0.1) is 17.0 Å². The fraction of sp³-hybridized carbons (Fsp3) is 0.452. The summed E-state index contributed by atoms with van der Waals surface area (Å²) in [4.78, 5) is 5.00. The summed E-state index contributed by atoms with van der Waals surface area (Å²) in [5.74, 6) is -0.163. The molecular formula is C31H37F2NO. The molecule has 1 aliphatic carbocycles. The van der Waals surface area contributed by atoms with Crippen molar-refractivity contribution in [3.05, 3.63) is 88.7 Å². The predicted octanol–water partition coefficient (Wildman–Crippen LogP) is 8.70. The van der Waals surface area contributed by atoms with Crippen LogP contribution in [0.25, 0.3) is 11.1 Å². The maximum absolute atomic E-state index is 13.9. The first-order valence-electron chi connectivity index (χ1n) is 12.9. The Morgan fingerprint density at radius 3 is 2.11 bits per heavy atom. The number of nitrogens with zero attached hydrogens (tertiary/aromatic N) is 1. The molecule has 2 aromatic carbocycles. The van der Waals surface area contributed by atoms with E-state index in [1.165, 1.54) is 24.3 Å². The van der Waals surface area contributed by atoms with Gasteiger partial charge in [0.05, 0.1) is 5.69 Å². The van der Waals surface area contributed by atoms with E-state index >= 15 is 0 Å². The SMILES string of the molecule is CCC(C)(C)C[C@H](C)c1cnc(C2CCCC2)c(C(O)c2ccc(F)cc2)c1-c1ccc(F)cc1. The molecule has 0 bridgehead atoms. The van der Waals surface area contributed by atoms with Crippen molar-refractivity contribution in [2.24, 2.45) is 5.41 Å². The number of aliphatic hydroxyl groups excluding tert-OH is 1. The Kier molecular flexibility index (Phi) is 7.70. The summed E-state index contributed by atoms with van der Waals surface area (Å²) in [7, 11) is 0. The Bertz CT molecular complexity index is 1130. The fourth-order valence-electron chi connectivity index (χ4n) is 5.57. The van der Waals surface area contributed by atoms with Crippen LogP contribution in [0.3, 0.4) is 0 Å². The number of aromatic nitrogens is 1. The summed E-state index contributed by atoms with van der Waals surface area (Å²) in [5, 5.41) is 11.8. The lowest BCUT2D eigenvalue weighted by molar-refractivity contribution is 0.218. The van der Waals surface area contributed by atoms with E-state index in [-0.39, 0.29) is 28.9 Å². The van der Waals surface area contributed by atoms with Crippen molar-refractivity contribution in [1.29, 1.82) is 0 Å². The van der Waals surface area contributed by atoms with E-state index in [0.717, 1.165) is 66.5 Å². The zero-order valence-corrected chi connectivity index (χ0v) is 21.3. The molecule has 2 atom stereocenters. The Balaban J connectivity index is 1.96. The van der Waals surface area contributed by atoms with Crippen molar-refractivity contribution in [3.63, 3.8) is 0 Å². The van der Waals surface area contributed by atoms with E-state index < -0.39 is 6.10 Å². The van der Waals surface area contributed by atoms with Crippen molar-refractivity contribution in [2.75, 3.05) is 0 Å². The number of aliphatic hydroxyl groups is 1. The lowest BCUT2D eigenvalue weighted by atomic mass is 9.76. The van der Waals surface area contributed by atoms with Crippen molar-refractivity contribution in [3.8, 4) is 11.1 Å². The molecular weight excluding hydrogens is 440 g/mol. The largest absolute Gasteiger partial charge is 0.384 e. The minimum atomic E-state index is -0.954. The van der Waals surface area contributed by atoms with Crippen molar-refractivity contribution >= 4 is 0 Å². The maximum Gasteiger partial charge on any atom is 0.123 e. The average molecular weight is 478 g/mol. The highest BCUT2D eigenvalue weighted by Gasteiger charge is 2.31. The molecule has 0 aliphatic heterocycles. The Labute approximate surface area is 208 Å². The zero-order valence-electron chi connectivity index (χ0n) is 21.3. The molecule has 0 spiro atoms. The highest BCUT2D eigenvalue weighted by atomic mass is 19.1. The van der Waals surface area contributed by atoms with Gasteiger partial charge in [-0.15, -0.1) is 0 Å². The van der Waals surface area contributed by atoms with Gasteiger partial charge in [-0.1, -0.05) is 71.2 Å². The van der Waals surface area contributed by atoms with Gasteiger partial charge in [0.25, 0.3) is 0 Å². The molecule has 186 valence electrons. The van der Waals surface area contributed by atoms with E-state index in [0.29, 0.717) is 5.56 Å². The second-order valence-corrected chi connectivity index (χ2v) is 11.0. The van der Waals surface area contributed by atoms with Gasteiger partial charge < -0.3 is 5.11 Å². The molecule has 1 N–H and O–H groups in total. The van der Waals surface area contributed by atoms with Crippen LogP contribution in [0.4, 0.5) is 8.78 Å². The van der Waals surface area contributed by atoms with Gasteiger partial charge >= 0.3 is 0 Å². The number of pyridine rings is 1. The summed E-state index contributed by atoms with van der Waals surface area (Å²) < 4.78 is 27.6. The van der Waals surface area contributed by atoms with Gasteiger partial charge in [-0.25, -0.2) is 8.78 Å². The Morgan fingerprint density at radius 1 is 0.971 bits per heavy atom. The van der Waals surface area contributed by atoms with E-state index in [2.05, 4.69) is 27.7 Å². The molecule has 4 heteroatoms. The first-order chi connectivity index (χ1) is 16.7. The quantitative estimate of drug-likeness (QED) is 0.352. The topological polar surface area (TPSA) is 33.1 Å². The summed E-state index contributed by atoms with van der Waals surface area (Å²) in [6.07, 6.45) is 7.43. The molecule has 1 aliphatic rings. The van der Waals surface area contributed by atoms with Crippen molar-refractivity contribution in [1.82, 2.24) is 4.98 Å². The summed E-state index contributed by atoms with van der Waals surface area (Å²) in [6.45, 7) is 8.97. The van der Waals surface area contributed by atoms with Gasteiger partial charge in [-0.3, -0.25) is 4.98 Å². The van der Waals surface area contributed by atoms with Gasteiger partial charge in [0.15, 0.2) is 0 Å². The third-order valence-electron chi connectivity index (χ3n) is 7.86. The first kappa shape index (κ1) is 25.5. The van der Waals surface area contributed by atoms with Gasteiger partial charge in [0.2, 0.25) is 0 Å². The molecule has 1 saturated carbocycles. The highest BCUT2D eigenvalue weighted by Crippen LogP contribution is 2.46. The van der Waals surface area contributed by atoms with Crippen LogP contribution in [0.15, 0.2) is 54.7 Å². The van der Waals surface area contributed by atoms with Crippen LogP contribution >= 0.6 is 0 Å². The molecule has 0 saturated heterocycles. The second-order valence-electron chi connectivity index (χ2n) is 11.0. The standard InChI is InChI=1S/C31H37F2NO/c1-5-31(3,4)18-20(2)26-19-34-29(22-8-6-7-9-22)28(27(26)21-10-14-24(32)15-11-21)30(35)23-12-16-25(33)17-13-23/h10-17,19-20,22,30,35H,5-9,18H2,1-4H3/t20-,30?/m0/s1. The lowest BCUT2D eigenvalue weighted by Crippen LogP contribution is -2.17. The molecule has 1 heterocycles. The monoisotopic (exact) mass is 477 g/mol. The molecule has 0 radical (unpaired) electrons. The number of rotatable bonds is 8. The van der Waals surface area contributed by atoms with Gasteiger partial charge in [-0.05, 0) is 77.1 Å². The summed E-state index contributed by atoms with van der Waals surface area (Å²) in [5.41, 5.74) is 5.38. The number of hydrogen-bond donors (Lipinski definition) is 1. The Morgan fingerprint density at radius 2 is 1.54 bits per heavy atom. The summed E-state index contributed by atoms with van der Waals surface area (Å²) in [6, 6.07) is 12.6. The number of halogens is 2. The molecule has 0 amide bonds. The molecule has 1 unspecified atom stereocenters. The third-order valence-corrected chi connectivity index (χ3v) is 7.86. The van der Waals surface area contributed by atoms with Crippen LogP contribution in [0.1, 0.15) is 107 Å². The number of hydrogen-bond acceptors (Lipinski definition) is 2. The molecule has 3 aromatic rings. The maximum atomic E-state index is 13.9. The molecule has 35 heavy (non-hydrogen) atoms. The van der Waals surface area contributed by atoms with Crippen LogP contribution < -0.4 is 0 Å². The zero-order chi connectivity index (χ0) is 25.2. The van der Waals surface area contributed by atoms with Crippen LogP contribution in [-0.2, 0) is 0 Å². The predicted molar refractivity (Wildman–Crippen MR) is 138 cm³/mol. The van der Waals surface area contributed by atoms with E-state index in [4.69, 9.17) is 4.98 Å². The molecule has 4 rings (SSSR count). The van der Waals surface area contributed by atoms with Crippen LogP contribution in [-0.4, -0.2) is 10.1 Å². The van der Waals surface area contributed by atoms with E-state index in [9.17, 15) is 13.9 Å². The van der Waals surface area contributed by atoms with E-state index in [1.807, 2.05) is 6.20 Å². The third kappa shape index (κ3) is 5.64. The summed E-state index contributed by atoms with van der Waals surface area (Å²) >= 11 is 0. The minimum Gasteiger partial charge on any atom is -0.384 e. The second kappa shape index (κ2) is 10.6. The molecule has 1 aromatic heterocycles. The van der Waals surface area contributed by atoms with Crippen LogP contribution in [0.5, 0.6) is 0 Å². The lowest BCUT2D eigenvalue weighted by Gasteiger charge is -2.30. The number of benzene rings is 2. The van der Waals surface area contributed by atoms with Crippen molar-refractivity contribution < 1.29 is 13.9 Å². The van der Waals surface area contributed by atoms with Crippen molar-refractivity contribution in [2.45, 2.75) is 84.2 Å².